The maximum Gasteiger partial charge on any atom is 0.305 e. The summed E-state index contributed by atoms with van der Waals surface area (Å²) in [4.78, 5) is 25.1. The molecule has 11 heteroatoms. The summed E-state index contributed by atoms with van der Waals surface area (Å²) in [5.74, 6) is -0.188. The fourth-order valence-electron chi connectivity index (χ4n) is 11.7. The Labute approximate surface area is 541 Å². The number of esters is 1. The molecule has 0 aromatic rings. The quantitative estimate of drug-likeness (QED) is 0.0195. The summed E-state index contributed by atoms with van der Waals surface area (Å²) in [6.07, 6.45) is 78.2. The third-order valence-corrected chi connectivity index (χ3v) is 17.6. The van der Waals surface area contributed by atoms with Crippen LogP contribution in [0.5, 0.6) is 0 Å². The first kappa shape index (κ1) is 83.4. The second-order valence-electron chi connectivity index (χ2n) is 26.0. The van der Waals surface area contributed by atoms with Crippen LogP contribution in [0, 0.1) is 0 Å². The van der Waals surface area contributed by atoms with Crippen molar-refractivity contribution in [1.82, 2.24) is 5.32 Å². The minimum atomic E-state index is -1.58. The lowest BCUT2D eigenvalue weighted by Crippen LogP contribution is -2.60. The topological polar surface area (TPSA) is 175 Å². The average Bonchev–Trinajstić information content (AvgIpc) is 2.18. The molecule has 7 unspecified atom stereocenters. The van der Waals surface area contributed by atoms with E-state index in [0.717, 1.165) is 64.2 Å². The summed E-state index contributed by atoms with van der Waals surface area (Å²) in [6, 6.07) is -0.826. The molecule has 1 aliphatic heterocycles. The summed E-state index contributed by atoms with van der Waals surface area (Å²) >= 11 is 0. The number of hydrogen-bond donors (Lipinski definition) is 6. The zero-order valence-corrected chi connectivity index (χ0v) is 57.2. The number of amides is 1. The number of nitrogens with one attached hydrogen (secondary N) is 1. The number of allylic oxidation sites excluding steroid dienone is 9. The van der Waals surface area contributed by atoms with Crippen LogP contribution < -0.4 is 5.32 Å². The summed E-state index contributed by atoms with van der Waals surface area (Å²) in [6.45, 7) is 4.31. The fraction of sp³-hybridized carbons (Fsp3) is 0.844. The molecule has 1 heterocycles. The number of aliphatic hydroxyl groups is 5. The van der Waals surface area contributed by atoms with Crippen LogP contribution in [0.1, 0.15) is 354 Å². The highest BCUT2D eigenvalue weighted by atomic mass is 16.7. The molecule has 1 amide bonds. The molecule has 0 spiro atoms. The highest BCUT2D eigenvalue weighted by Gasteiger charge is 2.44. The van der Waals surface area contributed by atoms with Crippen LogP contribution in [0.3, 0.4) is 0 Å². The van der Waals surface area contributed by atoms with Gasteiger partial charge in [-0.2, -0.15) is 0 Å². The van der Waals surface area contributed by atoms with Crippen LogP contribution in [0.2, 0.25) is 0 Å². The standard InChI is InChI=1S/C77H141NO10/c1-3-5-7-9-11-13-15-16-17-35-39-42-45-49-53-57-61-65-73(82)86-66-62-58-54-50-46-43-40-37-34-32-30-28-26-24-22-20-18-19-21-23-25-27-29-31-33-36-38-41-44-48-52-56-60-64-72(81)78-69(68-87-77-76(85)75(84)74(83)71(67-79)88-77)70(80)63-59-55-51-47-14-12-10-8-6-4-2/h14,16-17,22,24,28,30,47,59,63,69-71,74-77,79-80,83-85H,3-13,15,18-21,23,25-27,29,31-46,48-58,60-62,64-68H2,1-2H3,(H,78,81)/b17-16-,24-22-,30-28-,47-14+,63-59+. The molecule has 0 aliphatic carbocycles. The number of hydrogen-bond acceptors (Lipinski definition) is 10. The second kappa shape index (κ2) is 65.8. The van der Waals surface area contributed by atoms with Gasteiger partial charge in [0, 0.05) is 12.8 Å². The third-order valence-electron chi connectivity index (χ3n) is 17.6. The molecule has 514 valence electrons. The van der Waals surface area contributed by atoms with Crippen LogP contribution >= 0.6 is 0 Å². The Bertz CT molecular complexity index is 1650. The second-order valence-corrected chi connectivity index (χ2v) is 26.0. The minimum Gasteiger partial charge on any atom is -0.466 e. The smallest absolute Gasteiger partial charge is 0.305 e. The fourth-order valence-corrected chi connectivity index (χ4v) is 11.7. The summed E-state index contributed by atoms with van der Waals surface area (Å²) in [5, 5.41) is 54.3. The molecule has 0 saturated carbocycles. The van der Waals surface area contributed by atoms with Crippen molar-refractivity contribution < 1.29 is 49.3 Å². The number of unbranched alkanes of at least 4 members (excludes halogenated alkanes) is 44. The maximum atomic E-state index is 13.0. The Morgan fingerprint density at radius 2 is 0.773 bits per heavy atom. The van der Waals surface area contributed by atoms with Crippen LogP contribution in [-0.2, 0) is 23.8 Å². The van der Waals surface area contributed by atoms with Gasteiger partial charge in [0.1, 0.15) is 24.4 Å². The highest BCUT2D eigenvalue weighted by Crippen LogP contribution is 2.23. The Balaban J connectivity index is 1.91. The van der Waals surface area contributed by atoms with Crippen molar-refractivity contribution in [2.75, 3.05) is 19.8 Å². The normalized spacial score (nSPS) is 18.1. The first-order valence-corrected chi connectivity index (χ1v) is 37.6. The van der Waals surface area contributed by atoms with Crippen LogP contribution in [-0.4, -0.2) is 100 Å². The van der Waals surface area contributed by atoms with Crippen molar-refractivity contribution >= 4 is 11.9 Å². The van der Waals surface area contributed by atoms with Crippen LogP contribution in [0.25, 0.3) is 0 Å². The van der Waals surface area contributed by atoms with Crippen LogP contribution in [0.15, 0.2) is 60.8 Å². The molecule has 0 radical (unpaired) electrons. The molecule has 11 nitrogen and oxygen atoms in total. The van der Waals surface area contributed by atoms with Crippen molar-refractivity contribution in [1.29, 1.82) is 0 Å². The van der Waals surface area contributed by atoms with Crippen molar-refractivity contribution in [2.45, 2.75) is 397 Å². The Morgan fingerprint density at radius 3 is 1.20 bits per heavy atom. The van der Waals surface area contributed by atoms with Gasteiger partial charge in [-0.1, -0.05) is 299 Å². The highest BCUT2D eigenvalue weighted by molar-refractivity contribution is 5.76. The van der Waals surface area contributed by atoms with Gasteiger partial charge in [-0.3, -0.25) is 9.59 Å². The van der Waals surface area contributed by atoms with Gasteiger partial charge in [0.25, 0.3) is 0 Å². The molecule has 6 N–H and O–H groups in total. The van der Waals surface area contributed by atoms with Crippen molar-refractivity contribution in [3.63, 3.8) is 0 Å². The lowest BCUT2D eigenvalue weighted by molar-refractivity contribution is -0.302. The van der Waals surface area contributed by atoms with E-state index in [1.807, 2.05) is 6.08 Å². The summed E-state index contributed by atoms with van der Waals surface area (Å²) < 4.78 is 16.7. The van der Waals surface area contributed by atoms with Gasteiger partial charge in [-0.25, -0.2) is 0 Å². The van der Waals surface area contributed by atoms with Gasteiger partial charge in [0.05, 0.1) is 32.0 Å². The van der Waals surface area contributed by atoms with E-state index in [4.69, 9.17) is 14.2 Å². The van der Waals surface area contributed by atoms with Crippen LogP contribution in [0.4, 0.5) is 0 Å². The number of carbonyl (C=O) groups is 2. The van der Waals surface area contributed by atoms with Gasteiger partial charge in [0.2, 0.25) is 5.91 Å². The predicted molar refractivity (Wildman–Crippen MR) is 370 cm³/mol. The first-order chi connectivity index (χ1) is 43.2. The first-order valence-electron chi connectivity index (χ1n) is 37.6. The molecule has 0 aromatic heterocycles. The van der Waals surface area contributed by atoms with Gasteiger partial charge in [-0.15, -0.1) is 0 Å². The third kappa shape index (κ3) is 54.0. The molecule has 0 bridgehead atoms. The lowest BCUT2D eigenvalue weighted by Gasteiger charge is -2.40. The number of ether oxygens (including phenoxy) is 3. The van der Waals surface area contributed by atoms with Gasteiger partial charge < -0.3 is 45.1 Å². The van der Waals surface area contributed by atoms with Crippen molar-refractivity contribution in [3.8, 4) is 0 Å². The molecule has 1 rings (SSSR count). The molecule has 7 atom stereocenters. The SMILES string of the molecule is CCCCCC/C=C/CC/C=C/C(O)C(COC1OC(CO)C(O)C(O)C1O)NC(=O)CCCCCCCCCCCCCCCCCCC/C=C\C/C=C\CCCCCCCCCCCOC(=O)CCCCCCCCC/C=C\CCCCCCCC. The summed E-state index contributed by atoms with van der Waals surface area (Å²) in [5.41, 5.74) is 0. The molecular formula is C77H141NO10. The molecule has 0 aromatic carbocycles. The number of carbonyl (C=O) groups excluding carboxylic acids is 2. The van der Waals surface area contributed by atoms with E-state index < -0.39 is 49.5 Å². The van der Waals surface area contributed by atoms with E-state index in [0.29, 0.717) is 19.4 Å². The van der Waals surface area contributed by atoms with E-state index in [1.165, 1.54) is 263 Å². The number of rotatable bonds is 66. The monoisotopic (exact) mass is 1240 g/mol. The molecule has 1 aliphatic rings. The zero-order valence-electron chi connectivity index (χ0n) is 57.2. The molecule has 1 saturated heterocycles. The maximum absolute atomic E-state index is 13.0. The molecule has 88 heavy (non-hydrogen) atoms. The average molecular weight is 1240 g/mol. The lowest BCUT2D eigenvalue weighted by atomic mass is 9.99. The zero-order chi connectivity index (χ0) is 63.7. The Kier molecular flexibility index (Phi) is 62.4. The Morgan fingerprint density at radius 1 is 0.420 bits per heavy atom. The van der Waals surface area contributed by atoms with E-state index in [2.05, 4.69) is 67.8 Å². The Hall–Kier alpha value is -2.64. The minimum absolute atomic E-state index is 0.00336. The van der Waals surface area contributed by atoms with Crippen molar-refractivity contribution in [2.24, 2.45) is 0 Å². The van der Waals surface area contributed by atoms with E-state index >= 15 is 0 Å². The molecule has 1 fully saturated rings. The predicted octanol–water partition coefficient (Wildman–Crippen LogP) is 19.7. The van der Waals surface area contributed by atoms with E-state index in [1.54, 1.807) is 6.08 Å². The number of aliphatic hydroxyl groups excluding tert-OH is 5. The molecular weight excluding hydrogens is 1100 g/mol. The van der Waals surface area contributed by atoms with E-state index in [-0.39, 0.29) is 18.5 Å². The van der Waals surface area contributed by atoms with Crippen molar-refractivity contribution in [3.05, 3.63) is 60.8 Å². The van der Waals surface area contributed by atoms with E-state index in [9.17, 15) is 35.1 Å². The largest absolute Gasteiger partial charge is 0.466 e. The van der Waals surface area contributed by atoms with Gasteiger partial charge in [-0.05, 0) is 103 Å². The van der Waals surface area contributed by atoms with Gasteiger partial charge in [0.15, 0.2) is 6.29 Å². The summed E-state index contributed by atoms with van der Waals surface area (Å²) in [7, 11) is 0. The van der Waals surface area contributed by atoms with Gasteiger partial charge >= 0.3 is 5.97 Å².